The van der Waals surface area contributed by atoms with E-state index in [4.69, 9.17) is 21.4 Å². The predicted molar refractivity (Wildman–Crippen MR) is 64.7 cm³/mol. The second kappa shape index (κ2) is 6.22. The molecule has 6 N–H and O–H groups in total. The van der Waals surface area contributed by atoms with Gasteiger partial charge in [-0.25, -0.2) is 4.79 Å². The normalized spacial score (nSPS) is 12.4. The van der Waals surface area contributed by atoms with Crippen LogP contribution in [0.25, 0.3) is 0 Å². The molecular weight excluding hydrogens is 295 g/mol. The molecule has 1 aromatic carbocycles. The summed E-state index contributed by atoms with van der Waals surface area (Å²) >= 11 is 0. The van der Waals surface area contributed by atoms with Gasteiger partial charge in [0.05, 0.1) is 0 Å². The maximum atomic E-state index is 12.2. The highest BCUT2D eigenvalue weighted by atomic mass is 19.4. The molecule has 0 spiro atoms. The molecule has 1 rings (SSSR count). The average Bonchev–Trinajstić information content (AvgIpc) is 2.25. The summed E-state index contributed by atoms with van der Waals surface area (Å²) < 4.78 is 45.2. The highest BCUT2D eigenvalue weighted by Crippen LogP contribution is 2.28. The molecule has 0 unspecified atom stereocenters. The Bertz CT molecular complexity index is 572. The molecule has 0 saturated carbocycles. The Morgan fingerprint density at radius 3 is 2.33 bits per heavy atom. The van der Waals surface area contributed by atoms with E-state index in [1.807, 2.05) is 5.43 Å². The van der Waals surface area contributed by atoms with E-state index in [0.717, 1.165) is 12.1 Å². The summed E-state index contributed by atoms with van der Waals surface area (Å²) in [6.45, 7) is 1.50. The van der Waals surface area contributed by atoms with Gasteiger partial charge in [0, 0.05) is 6.07 Å². The summed E-state index contributed by atoms with van der Waals surface area (Å²) in [5, 5.41) is 8.75. The van der Waals surface area contributed by atoms with Crippen molar-refractivity contribution in [3.8, 4) is 11.5 Å². The molecule has 116 valence electrons. The molecule has 0 amide bonds. The molecule has 7 nitrogen and oxygen atoms in total. The predicted octanol–water partition coefficient (Wildman–Crippen LogP) is 0.948. The van der Waals surface area contributed by atoms with Gasteiger partial charge in [-0.05, 0) is 24.6 Å². The first-order valence-corrected chi connectivity index (χ1v) is 5.37. The molecule has 0 aliphatic rings. The van der Waals surface area contributed by atoms with E-state index in [1.54, 1.807) is 0 Å². The fourth-order valence-corrected chi connectivity index (χ4v) is 1.38. The van der Waals surface area contributed by atoms with Crippen LogP contribution in [-0.4, -0.2) is 17.4 Å². The van der Waals surface area contributed by atoms with Crippen molar-refractivity contribution in [3.05, 3.63) is 35.3 Å². The van der Waals surface area contributed by atoms with E-state index in [-0.39, 0.29) is 5.75 Å². The van der Waals surface area contributed by atoms with Crippen molar-refractivity contribution in [2.45, 2.75) is 13.3 Å². The number of rotatable bonds is 5. The highest BCUT2D eigenvalue weighted by molar-refractivity contribution is 5.86. The molecule has 0 radical (unpaired) electrons. The summed E-state index contributed by atoms with van der Waals surface area (Å²) in [4.78, 5) is 10.7. The third-order valence-corrected chi connectivity index (χ3v) is 2.09. The zero-order valence-corrected chi connectivity index (χ0v) is 10.7. The van der Waals surface area contributed by atoms with E-state index in [9.17, 15) is 18.0 Å². The number of aliphatic carboxylic acids is 1. The fourth-order valence-electron chi connectivity index (χ4n) is 1.38. The lowest BCUT2D eigenvalue weighted by molar-refractivity contribution is -0.274. The number of carboxylic acid groups (broad SMARTS) is 1. The quantitative estimate of drug-likeness (QED) is 0.277. The molecule has 0 aliphatic carbocycles. The number of nitrogens with two attached hydrogens (primary N) is 2. The molecule has 0 fully saturated rings. The van der Waals surface area contributed by atoms with E-state index in [0.29, 0.717) is 5.56 Å². The maximum absolute atomic E-state index is 12.2. The monoisotopic (exact) mass is 307 g/mol. The van der Waals surface area contributed by atoms with Gasteiger partial charge in [-0.2, -0.15) is 0 Å². The van der Waals surface area contributed by atoms with Crippen LogP contribution in [0.2, 0.25) is 0 Å². The minimum Gasteiger partial charge on any atom is -0.476 e. The van der Waals surface area contributed by atoms with Crippen molar-refractivity contribution in [3.63, 3.8) is 0 Å². The van der Waals surface area contributed by atoms with Crippen molar-refractivity contribution in [1.82, 2.24) is 5.43 Å². The Hall–Kier alpha value is -2.62. The zero-order valence-electron chi connectivity index (χ0n) is 10.7. The summed E-state index contributed by atoms with van der Waals surface area (Å²) in [6.07, 6.45) is -4.86. The van der Waals surface area contributed by atoms with Crippen LogP contribution in [0.4, 0.5) is 13.2 Å². The minimum atomic E-state index is -4.86. The molecule has 21 heavy (non-hydrogen) atoms. The largest absolute Gasteiger partial charge is 0.573 e. The smallest absolute Gasteiger partial charge is 0.476 e. The Morgan fingerprint density at radius 1 is 1.29 bits per heavy atom. The van der Waals surface area contributed by atoms with Crippen molar-refractivity contribution in [2.75, 3.05) is 0 Å². The molecule has 0 aromatic heterocycles. The summed E-state index contributed by atoms with van der Waals surface area (Å²) in [6, 6.07) is 3.37. The van der Waals surface area contributed by atoms with Crippen molar-refractivity contribution in [1.29, 1.82) is 0 Å². The molecule has 0 atom stereocenters. The van der Waals surface area contributed by atoms with Crippen LogP contribution in [0.1, 0.15) is 5.56 Å². The lowest BCUT2D eigenvalue weighted by Gasteiger charge is -2.13. The summed E-state index contributed by atoms with van der Waals surface area (Å²) in [5.74, 6) is 2.18. The van der Waals surface area contributed by atoms with Crippen LogP contribution in [0.3, 0.4) is 0 Å². The van der Waals surface area contributed by atoms with Gasteiger partial charge in [0.1, 0.15) is 11.5 Å². The lowest BCUT2D eigenvalue weighted by Crippen LogP contribution is -2.31. The van der Waals surface area contributed by atoms with Gasteiger partial charge in [-0.15, -0.1) is 13.2 Å². The van der Waals surface area contributed by atoms with Crippen LogP contribution in [0.15, 0.2) is 29.8 Å². The number of carboxylic acids is 1. The zero-order chi connectivity index (χ0) is 16.2. The van der Waals surface area contributed by atoms with Crippen LogP contribution >= 0.6 is 0 Å². The van der Waals surface area contributed by atoms with Gasteiger partial charge < -0.3 is 25.7 Å². The molecule has 1 aromatic rings. The first-order valence-electron chi connectivity index (χ1n) is 5.37. The molecule has 0 heterocycles. The van der Waals surface area contributed by atoms with Gasteiger partial charge in [0.15, 0.2) is 5.70 Å². The van der Waals surface area contributed by atoms with Crippen LogP contribution < -0.4 is 26.5 Å². The van der Waals surface area contributed by atoms with Crippen LogP contribution in [0, 0.1) is 6.92 Å². The third-order valence-electron chi connectivity index (χ3n) is 2.09. The number of hydrazine groups is 1. The molecular formula is C11H12F3N3O4. The van der Waals surface area contributed by atoms with Gasteiger partial charge >= 0.3 is 12.3 Å². The second-order valence-corrected chi connectivity index (χ2v) is 3.82. The number of hydrogen-bond donors (Lipinski definition) is 4. The van der Waals surface area contributed by atoms with Gasteiger partial charge in [-0.3, -0.25) is 5.84 Å². The Balaban J connectivity index is 3.07. The minimum absolute atomic E-state index is 0.138. The van der Waals surface area contributed by atoms with E-state index in [2.05, 4.69) is 4.74 Å². The third kappa shape index (κ3) is 5.10. The average molecular weight is 307 g/mol. The standard InChI is InChI=1S/C11H12F3N3O4/c1-5-2-6(4-7(3-5)21-11(12,13)14)20-9(15)8(17-16)10(18)19/h2-4,17H,15-16H2,1H3,(H,18,19)/b9-8+. The Morgan fingerprint density at radius 2 is 1.86 bits per heavy atom. The molecule has 0 aliphatic heterocycles. The van der Waals surface area contributed by atoms with Crippen LogP contribution in [0.5, 0.6) is 11.5 Å². The van der Waals surface area contributed by atoms with Gasteiger partial charge in [0.2, 0.25) is 5.88 Å². The number of hydrogen-bond acceptors (Lipinski definition) is 6. The Kier molecular flexibility index (Phi) is 4.87. The van der Waals surface area contributed by atoms with E-state index in [1.165, 1.54) is 13.0 Å². The van der Waals surface area contributed by atoms with Crippen LogP contribution in [-0.2, 0) is 4.79 Å². The SMILES string of the molecule is Cc1cc(O/C(N)=C(/NN)C(=O)O)cc(OC(F)(F)F)c1. The van der Waals surface area contributed by atoms with Crippen molar-refractivity contribution < 1.29 is 32.5 Å². The van der Waals surface area contributed by atoms with Gasteiger partial charge in [-0.1, -0.05) is 0 Å². The molecule has 10 heteroatoms. The number of benzene rings is 1. The summed E-state index contributed by atoms with van der Waals surface area (Å²) in [5.41, 5.74) is 6.91. The number of ether oxygens (including phenoxy) is 2. The number of halogens is 3. The maximum Gasteiger partial charge on any atom is 0.573 e. The molecule has 0 saturated heterocycles. The van der Waals surface area contributed by atoms with Crippen molar-refractivity contribution >= 4 is 5.97 Å². The lowest BCUT2D eigenvalue weighted by atomic mass is 10.2. The van der Waals surface area contributed by atoms with Gasteiger partial charge in [0.25, 0.3) is 0 Å². The number of carbonyl (C=O) groups is 1. The van der Waals surface area contributed by atoms with E-state index >= 15 is 0 Å². The Labute approximate surface area is 116 Å². The number of alkyl halides is 3. The van der Waals surface area contributed by atoms with Crippen molar-refractivity contribution in [2.24, 2.45) is 11.6 Å². The highest BCUT2D eigenvalue weighted by Gasteiger charge is 2.31. The first-order chi connectivity index (χ1) is 9.62. The van der Waals surface area contributed by atoms with E-state index < -0.39 is 29.7 Å². The topological polar surface area (TPSA) is 120 Å². The number of aryl methyl sites for hydroxylation is 1. The summed E-state index contributed by atoms with van der Waals surface area (Å²) in [7, 11) is 0. The molecule has 0 bridgehead atoms. The number of nitrogens with one attached hydrogen (secondary N) is 1. The second-order valence-electron chi connectivity index (χ2n) is 3.82. The fraction of sp³-hybridized carbons (Fsp3) is 0.182. The first kappa shape index (κ1) is 16.4.